The van der Waals surface area contributed by atoms with Crippen LogP contribution >= 0.6 is 17.0 Å². The Hall–Kier alpha value is 0.293. The maximum atomic E-state index is 4.93. The summed E-state index contributed by atoms with van der Waals surface area (Å²) < 4.78 is 0. The summed E-state index contributed by atoms with van der Waals surface area (Å²) in [6.07, 6.45) is 0. The van der Waals surface area contributed by atoms with Gasteiger partial charge in [-0.05, 0) is 5.92 Å². The molecule has 0 N–H and O–H groups in total. The van der Waals surface area contributed by atoms with Crippen molar-refractivity contribution in [1.29, 1.82) is 0 Å². The summed E-state index contributed by atoms with van der Waals surface area (Å²) in [5.74, 6) is 0.616. The standard InChI is InChI=1S/C13H15.2ClH.Zr/c1-9(2)12-6-4-5-11-8-7-10(3)13(11)12;;;/h4-9H,1-3H3;2*1H;/q-1;;;+2/p-2. The molecule has 0 heterocycles. The third-order valence-electron chi connectivity index (χ3n) is 2.66. The van der Waals surface area contributed by atoms with Gasteiger partial charge in [-0.2, -0.15) is 11.6 Å². The van der Waals surface area contributed by atoms with Crippen molar-refractivity contribution >= 4 is 27.8 Å². The molecule has 0 saturated carbocycles. The summed E-state index contributed by atoms with van der Waals surface area (Å²) in [5, 5.41) is 2.83. The molecule has 0 aliphatic rings. The third kappa shape index (κ3) is 3.39. The van der Waals surface area contributed by atoms with E-state index in [2.05, 4.69) is 51.1 Å². The molecule has 0 bridgehead atoms. The summed E-state index contributed by atoms with van der Waals surface area (Å²) >= 11 is -0.826. The zero-order chi connectivity index (χ0) is 12.1. The van der Waals surface area contributed by atoms with Crippen molar-refractivity contribution in [1.82, 2.24) is 0 Å². The predicted molar refractivity (Wildman–Crippen MR) is 70.1 cm³/mol. The van der Waals surface area contributed by atoms with Crippen molar-refractivity contribution < 1.29 is 20.8 Å². The van der Waals surface area contributed by atoms with Crippen molar-refractivity contribution in [2.24, 2.45) is 0 Å². The number of hydrogen-bond acceptors (Lipinski definition) is 0. The second-order valence-electron chi connectivity index (χ2n) is 4.05. The summed E-state index contributed by atoms with van der Waals surface area (Å²) in [6, 6.07) is 11.0. The van der Waals surface area contributed by atoms with Crippen molar-refractivity contribution in [2.75, 3.05) is 0 Å². The second kappa shape index (κ2) is 6.89. The SMILES string of the molecule is Cc1c[cH-]c2cccc(C(C)C)c12.[Cl][Zr][Cl]. The van der Waals surface area contributed by atoms with Crippen LogP contribution in [0.2, 0.25) is 0 Å². The van der Waals surface area contributed by atoms with Gasteiger partial charge in [0, 0.05) is 0 Å². The molecule has 16 heavy (non-hydrogen) atoms. The van der Waals surface area contributed by atoms with Crippen LogP contribution in [0.4, 0.5) is 0 Å². The van der Waals surface area contributed by atoms with Crippen LogP contribution in [-0.2, 0) is 20.8 Å². The molecule has 86 valence electrons. The molecule has 0 amide bonds. The van der Waals surface area contributed by atoms with E-state index in [1.807, 2.05) is 0 Å². The van der Waals surface area contributed by atoms with Crippen LogP contribution in [0.1, 0.15) is 30.9 Å². The average Bonchev–Trinajstić information content (AvgIpc) is 2.62. The van der Waals surface area contributed by atoms with E-state index in [0.717, 1.165) is 0 Å². The predicted octanol–water partition coefficient (Wildman–Crippen LogP) is 5.37. The van der Waals surface area contributed by atoms with Gasteiger partial charge in [0.1, 0.15) is 0 Å². The first-order chi connectivity index (χ1) is 7.61. The van der Waals surface area contributed by atoms with Crippen molar-refractivity contribution in [2.45, 2.75) is 26.7 Å². The van der Waals surface area contributed by atoms with Gasteiger partial charge in [-0.25, -0.2) is 0 Å². The van der Waals surface area contributed by atoms with E-state index in [9.17, 15) is 0 Å². The maximum absolute atomic E-state index is 4.93. The quantitative estimate of drug-likeness (QED) is 0.616. The summed E-state index contributed by atoms with van der Waals surface area (Å²) in [6.45, 7) is 6.69. The molecule has 0 unspecified atom stereocenters. The van der Waals surface area contributed by atoms with Crippen LogP contribution in [-0.4, -0.2) is 0 Å². The van der Waals surface area contributed by atoms with Gasteiger partial charge in [0.25, 0.3) is 0 Å². The Morgan fingerprint density at radius 3 is 2.44 bits per heavy atom. The van der Waals surface area contributed by atoms with Gasteiger partial charge in [-0.1, -0.05) is 32.4 Å². The summed E-state index contributed by atoms with van der Waals surface area (Å²) in [5.41, 5.74) is 2.87. The Kier molecular flexibility index (Phi) is 6.18. The van der Waals surface area contributed by atoms with E-state index in [1.165, 1.54) is 21.9 Å². The molecule has 0 fully saturated rings. The molecule has 3 heteroatoms. The molecular formula is C13H15Cl2Zr-. The molecular weight excluding hydrogens is 318 g/mol. The zero-order valence-corrected chi connectivity index (χ0v) is 13.7. The van der Waals surface area contributed by atoms with E-state index >= 15 is 0 Å². The molecule has 0 aliphatic carbocycles. The fourth-order valence-electron chi connectivity index (χ4n) is 1.96. The van der Waals surface area contributed by atoms with Gasteiger partial charge in [-0.15, -0.1) is 29.0 Å². The number of halogens is 2. The van der Waals surface area contributed by atoms with Gasteiger partial charge in [-0.3, -0.25) is 0 Å². The van der Waals surface area contributed by atoms with Crippen LogP contribution in [0.3, 0.4) is 0 Å². The van der Waals surface area contributed by atoms with Crippen molar-refractivity contribution in [3.8, 4) is 0 Å². The molecule has 0 spiro atoms. The Morgan fingerprint density at radius 1 is 1.25 bits per heavy atom. The molecule has 0 aliphatic heterocycles. The third-order valence-corrected chi connectivity index (χ3v) is 2.66. The van der Waals surface area contributed by atoms with Gasteiger partial charge < -0.3 is 0 Å². The van der Waals surface area contributed by atoms with Crippen LogP contribution in [0.25, 0.3) is 10.8 Å². The molecule has 0 atom stereocenters. The number of benzene rings is 1. The van der Waals surface area contributed by atoms with Crippen LogP contribution in [0, 0.1) is 6.92 Å². The molecule has 0 aromatic heterocycles. The minimum absolute atomic E-state index is 0.616. The molecule has 0 radical (unpaired) electrons. The number of aryl methyl sites for hydroxylation is 1. The minimum atomic E-state index is -0.826. The van der Waals surface area contributed by atoms with E-state index in [0.29, 0.717) is 5.92 Å². The van der Waals surface area contributed by atoms with Gasteiger partial charge in [0.15, 0.2) is 0 Å². The van der Waals surface area contributed by atoms with Crippen LogP contribution < -0.4 is 0 Å². The van der Waals surface area contributed by atoms with Gasteiger partial charge in [0.2, 0.25) is 0 Å². The first kappa shape index (κ1) is 14.4. The van der Waals surface area contributed by atoms with Crippen LogP contribution in [0.15, 0.2) is 30.3 Å². The fraction of sp³-hybridized carbons (Fsp3) is 0.308. The molecule has 0 nitrogen and oxygen atoms in total. The molecule has 2 rings (SSSR count). The Bertz CT molecular complexity index is 446. The Labute approximate surface area is 116 Å². The fourth-order valence-corrected chi connectivity index (χ4v) is 1.96. The Balaban J connectivity index is 0.000000386. The van der Waals surface area contributed by atoms with E-state index in [-0.39, 0.29) is 0 Å². The first-order valence-corrected chi connectivity index (χ1v) is 11.6. The van der Waals surface area contributed by atoms with E-state index in [1.54, 1.807) is 0 Å². The average molecular weight is 333 g/mol. The summed E-state index contributed by atoms with van der Waals surface area (Å²) in [4.78, 5) is 0. The van der Waals surface area contributed by atoms with Gasteiger partial charge in [0.05, 0.1) is 0 Å². The zero-order valence-electron chi connectivity index (χ0n) is 9.72. The van der Waals surface area contributed by atoms with E-state index < -0.39 is 20.8 Å². The topological polar surface area (TPSA) is 0 Å². The molecule has 0 saturated heterocycles. The number of rotatable bonds is 1. The number of fused-ring (bicyclic) bond motifs is 1. The molecule has 2 aromatic carbocycles. The van der Waals surface area contributed by atoms with Crippen LogP contribution in [0.5, 0.6) is 0 Å². The first-order valence-electron chi connectivity index (χ1n) is 5.23. The second-order valence-corrected chi connectivity index (χ2v) is 7.79. The number of hydrogen-bond donors (Lipinski definition) is 0. The van der Waals surface area contributed by atoms with E-state index in [4.69, 9.17) is 17.0 Å². The summed E-state index contributed by atoms with van der Waals surface area (Å²) in [7, 11) is 9.87. The van der Waals surface area contributed by atoms with Gasteiger partial charge >= 0.3 is 37.9 Å². The van der Waals surface area contributed by atoms with Crippen molar-refractivity contribution in [3.05, 3.63) is 41.5 Å². The monoisotopic (exact) mass is 331 g/mol. The molecule has 2 aromatic rings. The van der Waals surface area contributed by atoms with Crippen molar-refractivity contribution in [3.63, 3.8) is 0 Å². The normalized spacial score (nSPS) is 10.1. The Morgan fingerprint density at radius 2 is 1.88 bits per heavy atom.